The van der Waals surface area contributed by atoms with Crippen molar-refractivity contribution >= 4 is 46.1 Å². The number of hydrogen-bond donors (Lipinski definition) is 4. The van der Waals surface area contributed by atoms with Crippen LogP contribution in [0.3, 0.4) is 0 Å². The Kier molecular flexibility index (Phi) is 17.2. The van der Waals surface area contributed by atoms with Gasteiger partial charge < -0.3 is 35.3 Å². The van der Waals surface area contributed by atoms with Crippen molar-refractivity contribution in [1.82, 2.24) is 14.9 Å². The van der Waals surface area contributed by atoms with Crippen LogP contribution in [-0.2, 0) is 46.5 Å². The van der Waals surface area contributed by atoms with Crippen molar-refractivity contribution < 1.29 is 60.7 Å². The molecule has 1 aliphatic carbocycles. The number of carbonyl (C=O) groups is 5. The first-order chi connectivity index (χ1) is 24.4. The van der Waals surface area contributed by atoms with E-state index in [2.05, 4.69) is 23.6 Å². The second-order valence-electron chi connectivity index (χ2n) is 13.3. The smallest absolute Gasteiger partial charge is 0.534 e. The number of fused-ring (bicyclic) bond motifs is 2. The Labute approximate surface area is 318 Å². The molecule has 278 valence electrons. The van der Waals surface area contributed by atoms with E-state index in [1.54, 1.807) is 24.3 Å². The van der Waals surface area contributed by atoms with Gasteiger partial charge in [-0.15, -0.1) is 23.3 Å². The minimum atomic E-state index is -2.51. The van der Waals surface area contributed by atoms with E-state index in [9.17, 15) is 41.9 Å². The molecule has 4 N–H and O–H groups in total. The molecule has 1 unspecified atom stereocenters. The Balaban J connectivity index is 0.000000828. The molecular weight excluding hydrogens is 686 g/mol. The Morgan fingerprint density at radius 2 is 1.60 bits per heavy atom. The largest absolute Gasteiger partial charge is 1.00 e. The summed E-state index contributed by atoms with van der Waals surface area (Å²) in [5.74, 6) is -2.70. The number of rotatable bonds is 15. The Morgan fingerprint density at radius 3 is 2.23 bits per heavy atom. The number of imide groups is 2. The third-order valence-electron chi connectivity index (χ3n) is 9.50. The van der Waals surface area contributed by atoms with Crippen molar-refractivity contribution in [3.05, 3.63) is 65.3 Å². The van der Waals surface area contributed by atoms with Crippen LogP contribution in [0.2, 0.25) is 0 Å². The van der Waals surface area contributed by atoms with Crippen molar-refractivity contribution in [2.75, 3.05) is 11.9 Å². The van der Waals surface area contributed by atoms with Crippen molar-refractivity contribution in [2.24, 2.45) is 5.92 Å². The van der Waals surface area contributed by atoms with E-state index in [1.807, 2.05) is 0 Å². The second kappa shape index (κ2) is 21.0. The van der Waals surface area contributed by atoms with Crippen LogP contribution in [0.1, 0.15) is 122 Å². The van der Waals surface area contributed by atoms with Gasteiger partial charge in [0.05, 0.1) is 17.0 Å². The van der Waals surface area contributed by atoms with Gasteiger partial charge in [-0.05, 0) is 43.4 Å². The maximum Gasteiger partial charge on any atom is 1.00 e. The van der Waals surface area contributed by atoms with E-state index >= 15 is 0 Å². The van der Waals surface area contributed by atoms with Crippen LogP contribution in [0.15, 0.2) is 24.3 Å². The molecule has 1 fully saturated rings. The second-order valence-corrected chi connectivity index (χ2v) is 14.0. The monoisotopic (exact) mass is 732 g/mol. The van der Waals surface area contributed by atoms with E-state index in [-0.39, 0.29) is 54.7 Å². The van der Waals surface area contributed by atoms with Crippen LogP contribution in [-0.4, -0.2) is 52.1 Å². The Morgan fingerprint density at radius 1 is 0.942 bits per heavy atom. The van der Waals surface area contributed by atoms with E-state index in [0.717, 1.165) is 66.8 Å². The van der Waals surface area contributed by atoms with Gasteiger partial charge in [-0.3, -0.25) is 29.4 Å². The molecule has 2 aliphatic heterocycles. The molecule has 5 amide bonds. The third-order valence-corrected chi connectivity index (χ3v) is 9.90. The molecule has 52 heavy (non-hydrogen) atoms. The van der Waals surface area contributed by atoms with Crippen molar-refractivity contribution in [3.63, 3.8) is 0 Å². The number of nitrogens with one attached hydrogen (secondary N) is 3. The average molecular weight is 733 g/mol. The van der Waals surface area contributed by atoms with Crippen LogP contribution < -0.4 is 34.2 Å². The van der Waals surface area contributed by atoms with Crippen LogP contribution >= 0.6 is 0 Å². The molecule has 5 rings (SSSR count). The van der Waals surface area contributed by atoms with Gasteiger partial charge in [-0.2, -0.15) is 0 Å². The van der Waals surface area contributed by atoms with E-state index in [0.29, 0.717) is 11.5 Å². The zero-order valence-electron chi connectivity index (χ0n) is 29.7. The molecule has 2 heterocycles. The number of hydrogen-bond acceptors (Lipinski definition) is 10. The summed E-state index contributed by atoms with van der Waals surface area (Å²) in [6.07, 6.45) is 15.8. The summed E-state index contributed by atoms with van der Waals surface area (Å²) in [5.41, 5.74) is 3.06. The fourth-order valence-electron chi connectivity index (χ4n) is 7.00. The van der Waals surface area contributed by atoms with Gasteiger partial charge in [0.25, 0.3) is 11.8 Å². The Bertz CT molecular complexity index is 1680. The number of aromatic hydroxyl groups is 1. The summed E-state index contributed by atoms with van der Waals surface area (Å²) in [6.45, 7) is 3.51. The van der Waals surface area contributed by atoms with E-state index < -0.39 is 40.6 Å². The van der Waals surface area contributed by atoms with Crippen molar-refractivity contribution in [2.45, 2.75) is 109 Å². The first-order valence-corrected chi connectivity index (χ1v) is 18.8. The normalized spacial score (nSPS) is 18.0. The molecule has 0 spiro atoms. The average Bonchev–Trinajstić information content (AvgIpc) is 3.17. The minimum Gasteiger partial charge on any atom is -0.534 e. The Hall–Kier alpha value is -3.86. The quantitative estimate of drug-likeness (QED) is 0.0535. The number of phenols is 1. The van der Waals surface area contributed by atoms with Gasteiger partial charge in [0.1, 0.15) is 6.04 Å². The molecule has 15 heteroatoms. The number of phenolic OH excluding ortho intramolecular Hbond substituents is 1. The number of carbonyl (C=O) groups excluding carboxylic acids is 5. The molecule has 2 aromatic rings. The van der Waals surface area contributed by atoms with Gasteiger partial charge in [0.15, 0.2) is 0 Å². The maximum absolute atomic E-state index is 14.1. The summed E-state index contributed by atoms with van der Waals surface area (Å²) in [7, 11) is -2.51. The van der Waals surface area contributed by atoms with Crippen LogP contribution in [0.4, 0.5) is 10.1 Å². The third kappa shape index (κ3) is 12.4. The predicted octanol–water partition coefficient (Wildman–Crippen LogP) is 2.41. The van der Waals surface area contributed by atoms with Gasteiger partial charge in [0.2, 0.25) is 11.8 Å². The first kappa shape index (κ1) is 42.5. The van der Waals surface area contributed by atoms with Crippen LogP contribution in [0.25, 0.3) is 0 Å². The molecule has 1 saturated heterocycles. The molecule has 0 bridgehead atoms. The zero-order chi connectivity index (χ0) is 36.9. The number of halogens is 1. The SMILES string of the molecule is O=C1CCC(N2C(=O)c3ccc(NCCCCCCCCCCC[C@H]4CCCc5c(F)[c-]c(O)cc5C4)cc3C2=O)C(=O)N1.[CH2-]C(=O)N[S-](=O)=O.[Li+]. The van der Waals surface area contributed by atoms with Gasteiger partial charge in [-0.1, -0.05) is 77.0 Å². The zero-order valence-corrected chi connectivity index (χ0v) is 30.5. The standard InChI is InChI=1S/C35H43FN3O5.C2H3NO3S.Li/c36-30-22-26(40)20-24-19-23(12-10-13-27(24)30)11-8-6-4-2-1-3-5-7-9-18-37-25-14-15-28-29(21-25)35(44)39(34(28)43)31-16-17-32(41)38-33(31)42;1-2(4)3-7(5)6;/h14-15,20-21,23,31,37,40H,1-13,16-19H2,(H,38,41,42);1H2,(H,3,4,5,6);/q-1;-2;+1/t23-,31?;;/m0../s1. The summed E-state index contributed by atoms with van der Waals surface area (Å²) >= 11 is 0. The molecule has 12 nitrogen and oxygen atoms in total. The molecule has 3 aliphatic rings. The number of benzene rings is 2. The maximum atomic E-state index is 14.1. The number of piperidine rings is 1. The minimum absolute atomic E-state index is 0. The van der Waals surface area contributed by atoms with E-state index in [4.69, 9.17) is 0 Å². The summed E-state index contributed by atoms with van der Waals surface area (Å²) in [6, 6.07) is 8.25. The van der Waals surface area contributed by atoms with Gasteiger partial charge in [-0.25, -0.2) is 4.39 Å². The molecule has 0 aromatic heterocycles. The van der Waals surface area contributed by atoms with Crippen LogP contribution in [0, 0.1) is 24.7 Å². The molecule has 0 saturated carbocycles. The molecule has 2 atom stereocenters. The van der Waals surface area contributed by atoms with Crippen molar-refractivity contribution in [1.29, 1.82) is 0 Å². The topological polar surface area (TPSA) is 179 Å². The van der Waals surface area contributed by atoms with Crippen LogP contribution in [0.5, 0.6) is 5.75 Å². The number of unbranched alkanes of at least 4 members (excludes halogenated alkanes) is 8. The molecular formula is C37H46FLiN4O8S-2. The first-order valence-electron chi connectivity index (χ1n) is 17.7. The van der Waals surface area contributed by atoms with Gasteiger partial charge in [0, 0.05) is 41.1 Å². The molecule has 2 aromatic carbocycles. The summed E-state index contributed by atoms with van der Waals surface area (Å²) in [5, 5.41) is 15.3. The fraction of sp³-hybridized carbons (Fsp3) is 0.514. The van der Waals surface area contributed by atoms with E-state index in [1.165, 1.54) is 56.1 Å². The number of nitrogens with zero attached hydrogens (tertiary/aromatic N) is 1. The predicted molar refractivity (Wildman–Crippen MR) is 187 cm³/mol. The summed E-state index contributed by atoms with van der Waals surface area (Å²) in [4.78, 5) is 60.1. The van der Waals surface area contributed by atoms with Gasteiger partial charge >= 0.3 is 18.9 Å². The fourth-order valence-corrected chi connectivity index (χ4v) is 7.18. The number of anilines is 1. The summed E-state index contributed by atoms with van der Waals surface area (Å²) < 4.78 is 34.5. The molecule has 0 radical (unpaired) electrons. The number of amides is 5. The van der Waals surface area contributed by atoms with Crippen molar-refractivity contribution in [3.8, 4) is 5.75 Å².